The number of benzene rings is 1. The summed E-state index contributed by atoms with van der Waals surface area (Å²) in [6.45, 7) is 1.94. The van der Waals surface area contributed by atoms with Gasteiger partial charge in [-0.15, -0.1) is 0 Å². The zero-order valence-electron chi connectivity index (χ0n) is 10.5. The molecule has 0 saturated carbocycles. The minimum atomic E-state index is -1.01. The summed E-state index contributed by atoms with van der Waals surface area (Å²) in [4.78, 5) is 22.8. The molecule has 5 nitrogen and oxygen atoms in total. The summed E-state index contributed by atoms with van der Waals surface area (Å²) in [5.41, 5.74) is 0.884. The Balaban J connectivity index is 2.77. The Bertz CT molecular complexity index is 410. The maximum atomic E-state index is 11.6. The van der Waals surface area contributed by atoms with Crippen molar-refractivity contribution in [2.75, 3.05) is 6.61 Å². The van der Waals surface area contributed by atoms with Crippen LogP contribution in [-0.4, -0.2) is 44.8 Å². The molecule has 1 aromatic carbocycles. The van der Waals surface area contributed by atoms with Gasteiger partial charge in [0.25, 0.3) is 0 Å². The fourth-order valence-corrected chi connectivity index (χ4v) is 2.11. The van der Waals surface area contributed by atoms with Crippen LogP contribution in [0.1, 0.15) is 12.5 Å². The fourth-order valence-electron chi connectivity index (χ4n) is 1.58. The fraction of sp³-hybridized carbons (Fsp3) is 0.333. The Morgan fingerprint density at radius 1 is 1.39 bits per heavy atom. The predicted octanol–water partition coefficient (Wildman–Crippen LogP) is 0.421. The smallest absolute Gasteiger partial charge is 0.401 e. The van der Waals surface area contributed by atoms with Crippen LogP contribution >= 0.6 is 0 Å². The van der Waals surface area contributed by atoms with Gasteiger partial charge in [-0.3, -0.25) is 4.79 Å². The van der Waals surface area contributed by atoms with Gasteiger partial charge in [0, 0.05) is 6.42 Å². The van der Waals surface area contributed by atoms with E-state index in [-0.39, 0.29) is 6.61 Å². The summed E-state index contributed by atoms with van der Waals surface area (Å²) >= 11 is 0. The summed E-state index contributed by atoms with van der Waals surface area (Å²) in [6.07, 6.45) is -0.272. The van der Waals surface area contributed by atoms with Gasteiger partial charge < -0.3 is 14.4 Å². The number of carboxylic acids is 1. The van der Waals surface area contributed by atoms with Gasteiger partial charge in [-0.2, -0.15) is 0 Å². The molecule has 98 valence electrons. The van der Waals surface area contributed by atoms with Gasteiger partial charge in [0.15, 0.2) is 0 Å². The highest BCUT2D eigenvalue weighted by Crippen LogP contribution is 2.09. The Hall–Kier alpha value is -1.82. The van der Waals surface area contributed by atoms with Crippen molar-refractivity contribution in [3.63, 3.8) is 0 Å². The molecule has 1 amide bonds. The SMILES string of the molecule is CCOC(=O)N([SiH3])[C@@H](Cc1ccccc1)C(=O)O. The molecular weight excluding hydrogens is 250 g/mol. The van der Waals surface area contributed by atoms with E-state index >= 15 is 0 Å². The molecule has 6 heteroatoms. The standard InChI is InChI=1S/C12H17NO4Si/c1-2-17-12(16)13(18)10(11(14)15)8-9-6-4-3-5-7-9/h3-7,10H,2,8H2,1,18H3,(H,14,15)/t10-/m0/s1. The lowest BCUT2D eigenvalue weighted by Gasteiger charge is -2.24. The molecule has 0 aliphatic heterocycles. The van der Waals surface area contributed by atoms with E-state index in [4.69, 9.17) is 4.74 Å². The highest BCUT2D eigenvalue weighted by molar-refractivity contribution is 6.14. The van der Waals surface area contributed by atoms with Crippen LogP contribution in [-0.2, 0) is 16.0 Å². The molecule has 0 fully saturated rings. The van der Waals surface area contributed by atoms with Gasteiger partial charge in [-0.05, 0) is 12.5 Å². The second kappa shape index (κ2) is 6.80. The quantitative estimate of drug-likeness (QED) is 0.785. The lowest BCUT2D eigenvalue weighted by Crippen LogP contribution is -2.45. The minimum absolute atomic E-state index is 0.245. The van der Waals surface area contributed by atoms with Crippen LogP contribution in [0.5, 0.6) is 0 Å². The zero-order valence-corrected chi connectivity index (χ0v) is 12.5. The summed E-state index contributed by atoms with van der Waals surface area (Å²) in [5.74, 6) is -1.01. The number of amides is 1. The first-order valence-electron chi connectivity index (χ1n) is 5.72. The molecule has 0 bridgehead atoms. The summed E-state index contributed by atoms with van der Waals surface area (Å²) in [6, 6.07) is 8.38. The first-order valence-corrected chi connectivity index (χ1v) is 6.62. The lowest BCUT2D eigenvalue weighted by molar-refractivity contribution is -0.141. The summed E-state index contributed by atoms with van der Waals surface area (Å²) < 4.78 is 6.08. The molecule has 0 aliphatic rings. The number of ether oxygens (including phenoxy) is 1. The lowest BCUT2D eigenvalue weighted by atomic mass is 10.1. The number of rotatable bonds is 5. The Morgan fingerprint density at radius 2 is 2.00 bits per heavy atom. The molecule has 0 aliphatic carbocycles. The molecule has 0 unspecified atom stereocenters. The van der Waals surface area contributed by atoms with Crippen LogP contribution in [0.3, 0.4) is 0 Å². The Morgan fingerprint density at radius 3 is 2.50 bits per heavy atom. The second-order valence-electron chi connectivity index (χ2n) is 3.85. The highest BCUT2D eigenvalue weighted by Gasteiger charge is 2.26. The van der Waals surface area contributed by atoms with Crippen molar-refractivity contribution in [1.29, 1.82) is 0 Å². The highest BCUT2D eigenvalue weighted by atomic mass is 28.2. The van der Waals surface area contributed by atoms with E-state index in [0.717, 1.165) is 5.56 Å². The monoisotopic (exact) mass is 267 g/mol. The maximum Gasteiger partial charge on any atom is 0.401 e. The van der Waals surface area contributed by atoms with Crippen molar-refractivity contribution in [2.45, 2.75) is 19.4 Å². The summed E-state index contributed by atoms with van der Waals surface area (Å²) in [7, 11) is 0.307. The van der Waals surface area contributed by atoms with E-state index in [1.807, 2.05) is 30.3 Å². The van der Waals surface area contributed by atoms with E-state index in [1.54, 1.807) is 6.92 Å². The van der Waals surface area contributed by atoms with Crippen molar-refractivity contribution in [1.82, 2.24) is 4.57 Å². The topological polar surface area (TPSA) is 66.8 Å². The number of carbonyl (C=O) groups is 2. The van der Waals surface area contributed by atoms with Gasteiger partial charge in [0.1, 0.15) is 16.4 Å². The molecule has 0 radical (unpaired) electrons. The van der Waals surface area contributed by atoms with Crippen molar-refractivity contribution < 1.29 is 19.4 Å². The van der Waals surface area contributed by atoms with Gasteiger partial charge in [0.2, 0.25) is 0 Å². The van der Waals surface area contributed by atoms with Gasteiger partial charge in [0.05, 0.1) is 6.61 Å². The predicted molar refractivity (Wildman–Crippen MR) is 70.4 cm³/mol. The van der Waals surface area contributed by atoms with Crippen LogP contribution in [0.15, 0.2) is 30.3 Å². The molecule has 1 rings (SSSR count). The number of carbonyl (C=O) groups excluding carboxylic acids is 1. The van der Waals surface area contributed by atoms with Crippen LogP contribution in [0, 0.1) is 0 Å². The largest absolute Gasteiger partial charge is 0.480 e. The number of carboxylic acid groups (broad SMARTS) is 1. The van der Waals surface area contributed by atoms with Crippen LogP contribution < -0.4 is 0 Å². The third-order valence-corrected chi connectivity index (χ3v) is 3.57. The molecule has 0 aromatic heterocycles. The van der Waals surface area contributed by atoms with E-state index < -0.39 is 18.1 Å². The van der Waals surface area contributed by atoms with Crippen molar-refractivity contribution in [2.24, 2.45) is 0 Å². The number of aliphatic carboxylic acids is 1. The molecular formula is C12H17NO4Si. The van der Waals surface area contributed by atoms with E-state index in [0.29, 0.717) is 16.8 Å². The van der Waals surface area contributed by atoms with Gasteiger partial charge in [-0.25, -0.2) is 4.79 Å². The van der Waals surface area contributed by atoms with Crippen LogP contribution in [0.25, 0.3) is 0 Å². The van der Waals surface area contributed by atoms with Crippen molar-refractivity contribution in [3.05, 3.63) is 35.9 Å². The molecule has 18 heavy (non-hydrogen) atoms. The van der Waals surface area contributed by atoms with E-state index in [1.165, 1.54) is 4.57 Å². The number of nitrogens with zero attached hydrogens (tertiary/aromatic N) is 1. The zero-order chi connectivity index (χ0) is 13.5. The van der Waals surface area contributed by atoms with Crippen LogP contribution in [0.2, 0.25) is 0 Å². The first-order chi connectivity index (χ1) is 8.56. The second-order valence-corrected chi connectivity index (χ2v) is 4.82. The molecule has 1 aromatic rings. The van der Waals surface area contributed by atoms with Crippen molar-refractivity contribution >= 4 is 22.5 Å². The van der Waals surface area contributed by atoms with E-state index in [2.05, 4.69) is 0 Å². The molecule has 1 N–H and O–H groups in total. The average molecular weight is 267 g/mol. The van der Waals surface area contributed by atoms with Gasteiger partial charge in [-0.1, -0.05) is 30.3 Å². The molecule has 0 saturated heterocycles. The first kappa shape index (κ1) is 14.2. The number of hydrogen-bond donors (Lipinski definition) is 1. The third kappa shape index (κ3) is 3.88. The van der Waals surface area contributed by atoms with Crippen molar-refractivity contribution in [3.8, 4) is 0 Å². The molecule has 0 spiro atoms. The normalized spacial score (nSPS) is 11.8. The van der Waals surface area contributed by atoms with Gasteiger partial charge >= 0.3 is 12.1 Å². The van der Waals surface area contributed by atoms with E-state index in [9.17, 15) is 14.7 Å². The summed E-state index contributed by atoms with van der Waals surface area (Å²) in [5, 5.41) is 9.19. The molecule has 0 heterocycles. The van der Waals surface area contributed by atoms with Crippen LogP contribution in [0.4, 0.5) is 4.79 Å². The number of hydrogen-bond acceptors (Lipinski definition) is 3. The third-order valence-electron chi connectivity index (χ3n) is 2.58. The Labute approximate surface area is 109 Å². The average Bonchev–Trinajstić information content (AvgIpc) is 2.36. The Kier molecular flexibility index (Phi) is 5.38. The molecule has 1 atom stereocenters. The maximum absolute atomic E-state index is 11.6. The minimum Gasteiger partial charge on any atom is -0.480 e.